The van der Waals surface area contributed by atoms with Crippen LogP contribution in [0.4, 0.5) is 0 Å². The van der Waals surface area contributed by atoms with E-state index in [9.17, 15) is 0 Å². The molecule has 0 fully saturated rings. The molecule has 1 atom stereocenters. The van der Waals surface area contributed by atoms with Crippen molar-refractivity contribution in [3.05, 3.63) is 10.6 Å². The van der Waals surface area contributed by atoms with Gasteiger partial charge in [0.15, 0.2) is 0 Å². The Bertz CT molecular complexity index is 298. The first kappa shape index (κ1) is 13.5. The number of hydrogen-bond donors (Lipinski definition) is 2. The first-order valence-corrected chi connectivity index (χ1v) is 6.73. The number of hydrogen-bond acceptors (Lipinski definition) is 5. The summed E-state index contributed by atoms with van der Waals surface area (Å²) in [6.45, 7) is 6.59. The third-order valence-electron chi connectivity index (χ3n) is 2.71. The van der Waals surface area contributed by atoms with Gasteiger partial charge in [-0.2, -0.15) is 0 Å². The average molecular weight is 242 g/mol. The maximum Gasteiger partial charge on any atom is 0.0801 e. The highest BCUT2D eigenvalue weighted by Gasteiger charge is 2.16. The van der Waals surface area contributed by atoms with Gasteiger partial charge in [-0.1, -0.05) is 38.1 Å². The van der Waals surface area contributed by atoms with Crippen molar-refractivity contribution in [2.24, 2.45) is 11.8 Å². The molecule has 0 saturated carbocycles. The molecule has 0 aromatic carbocycles. The number of aromatic nitrogens is 2. The summed E-state index contributed by atoms with van der Waals surface area (Å²) in [6, 6.07) is 0.216. The van der Waals surface area contributed by atoms with Gasteiger partial charge < -0.3 is 0 Å². The van der Waals surface area contributed by atoms with Gasteiger partial charge in [-0.05, 0) is 30.3 Å². The molecule has 5 heteroatoms. The summed E-state index contributed by atoms with van der Waals surface area (Å²) in [6.07, 6.45) is 4.42. The third kappa shape index (κ3) is 3.81. The van der Waals surface area contributed by atoms with E-state index >= 15 is 0 Å². The van der Waals surface area contributed by atoms with Crippen LogP contribution in [-0.2, 0) is 6.42 Å². The summed E-state index contributed by atoms with van der Waals surface area (Å²) in [5, 5.41) is 4.12. The van der Waals surface area contributed by atoms with Gasteiger partial charge >= 0.3 is 0 Å². The van der Waals surface area contributed by atoms with Crippen molar-refractivity contribution in [3.63, 3.8) is 0 Å². The zero-order chi connectivity index (χ0) is 12.0. The summed E-state index contributed by atoms with van der Waals surface area (Å²) < 4.78 is 4.00. The number of nitrogens with two attached hydrogens (primary N) is 1. The molecule has 0 amide bonds. The molecule has 1 rings (SSSR count). The van der Waals surface area contributed by atoms with Gasteiger partial charge in [-0.3, -0.25) is 11.3 Å². The van der Waals surface area contributed by atoms with E-state index in [-0.39, 0.29) is 6.04 Å². The molecule has 0 aliphatic rings. The molecule has 3 N–H and O–H groups in total. The van der Waals surface area contributed by atoms with Crippen LogP contribution in [0.15, 0.2) is 0 Å². The fourth-order valence-electron chi connectivity index (χ4n) is 1.75. The Morgan fingerprint density at radius 1 is 1.38 bits per heavy atom. The Balaban J connectivity index is 2.53. The molecule has 4 nitrogen and oxygen atoms in total. The van der Waals surface area contributed by atoms with Crippen molar-refractivity contribution in [1.29, 1.82) is 0 Å². The van der Waals surface area contributed by atoms with Crippen LogP contribution in [0.1, 0.15) is 56.6 Å². The van der Waals surface area contributed by atoms with Crippen molar-refractivity contribution < 1.29 is 0 Å². The number of hydrazine groups is 1. The van der Waals surface area contributed by atoms with Gasteiger partial charge in [-0.25, -0.2) is 0 Å². The molecule has 0 spiro atoms. The van der Waals surface area contributed by atoms with E-state index in [0.29, 0.717) is 0 Å². The molecule has 0 saturated heterocycles. The van der Waals surface area contributed by atoms with Crippen LogP contribution in [0, 0.1) is 5.92 Å². The second kappa shape index (κ2) is 6.93. The predicted molar refractivity (Wildman–Crippen MR) is 68.0 cm³/mol. The van der Waals surface area contributed by atoms with E-state index < -0.39 is 0 Å². The number of nitrogens with zero attached hydrogens (tertiary/aromatic N) is 2. The first-order chi connectivity index (χ1) is 7.69. The van der Waals surface area contributed by atoms with Gasteiger partial charge in [0.25, 0.3) is 0 Å². The molecule has 16 heavy (non-hydrogen) atoms. The van der Waals surface area contributed by atoms with Crippen LogP contribution in [0.25, 0.3) is 0 Å². The van der Waals surface area contributed by atoms with Crippen LogP contribution >= 0.6 is 11.5 Å². The van der Waals surface area contributed by atoms with Gasteiger partial charge in [0.1, 0.15) is 0 Å². The summed E-state index contributed by atoms with van der Waals surface area (Å²) in [4.78, 5) is 1.20. The zero-order valence-corrected chi connectivity index (χ0v) is 11.2. The number of nitrogens with one attached hydrogen (secondary N) is 1. The fourth-order valence-corrected chi connectivity index (χ4v) is 2.58. The van der Waals surface area contributed by atoms with Crippen molar-refractivity contribution in [3.8, 4) is 0 Å². The zero-order valence-electron chi connectivity index (χ0n) is 10.4. The largest absolute Gasteiger partial charge is 0.271 e. The maximum atomic E-state index is 5.61. The van der Waals surface area contributed by atoms with Gasteiger partial charge in [0, 0.05) is 0 Å². The van der Waals surface area contributed by atoms with Crippen LogP contribution in [0.5, 0.6) is 0 Å². The second-order valence-corrected chi connectivity index (χ2v) is 5.27. The summed E-state index contributed by atoms with van der Waals surface area (Å²) >= 11 is 1.46. The van der Waals surface area contributed by atoms with Crippen LogP contribution in [0.3, 0.4) is 0 Å². The van der Waals surface area contributed by atoms with E-state index in [0.717, 1.165) is 24.5 Å². The Morgan fingerprint density at radius 3 is 2.69 bits per heavy atom. The van der Waals surface area contributed by atoms with Crippen molar-refractivity contribution in [2.45, 2.75) is 52.5 Å². The summed E-state index contributed by atoms with van der Waals surface area (Å²) in [5.74, 6) is 6.36. The predicted octanol–water partition coefficient (Wildman–Crippen LogP) is 2.43. The van der Waals surface area contributed by atoms with Gasteiger partial charge in [0.2, 0.25) is 0 Å². The molecular formula is C11H22N4S. The highest BCUT2D eigenvalue weighted by atomic mass is 32.1. The van der Waals surface area contributed by atoms with Crippen molar-refractivity contribution >= 4 is 11.5 Å². The minimum absolute atomic E-state index is 0.216. The lowest BCUT2D eigenvalue weighted by molar-refractivity contribution is 0.457. The van der Waals surface area contributed by atoms with Crippen LogP contribution in [0.2, 0.25) is 0 Å². The monoisotopic (exact) mass is 242 g/mol. The highest BCUT2D eigenvalue weighted by Crippen LogP contribution is 2.25. The lowest BCUT2D eigenvalue weighted by Crippen LogP contribution is -2.28. The maximum absolute atomic E-state index is 5.61. The van der Waals surface area contributed by atoms with E-state index in [4.69, 9.17) is 5.84 Å². The minimum Gasteiger partial charge on any atom is -0.271 e. The molecule has 1 aromatic heterocycles. The molecule has 1 unspecified atom stereocenters. The van der Waals surface area contributed by atoms with E-state index in [1.54, 1.807) is 0 Å². The van der Waals surface area contributed by atoms with E-state index in [1.807, 2.05) is 0 Å². The van der Waals surface area contributed by atoms with Crippen LogP contribution in [-0.4, -0.2) is 9.59 Å². The normalized spacial score (nSPS) is 13.3. The lowest BCUT2D eigenvalue weighted by atomic mass is 10.0. The Hall–Kier alpha value is -0.520. The minimum atomic E-state index is 0.216. The first-order valence-electron chi connectivity index (χ1n) is 5.96. The molecule has 0 bridgehead atoms. The quantitative estimate of drug-likeness (QED) is 0.569. The average Bonchev–Trinajstić information content (AvgIpc) is 2.72. The molecule has 0 aliphatic heterocycles. The van der Waals surface area contributed by atoms with E-state index in [2.05, 4.69) is 35.8 Å². The Labute approximate surface area is 102 Å². The lowest BCUT2D eigenvalue weighted by Gasteiger charge is -2.15. The molecule has 0 radical (unpaired) electrons. The number of rotatable bonds is 7. The topological polar surface area (TPSA) is 63.8 Å². The fraction of sp³-hybridized carbons (Fsp3) is 0.818. The highest BCUT2D eigenvalue weighted by molar-refractivity contribution is 7.05. The standard InChI is InChI=1S/C11H22N4S/c1-4-9-11(16-15-14-9)10(13-12)7-5-6-8(2)3/h8,10,13H,4-7,12H2,1-3H3. The van der Waals surface area contributed by atoms with E-state index in [1.165, 1.54) is 29.3 Å². The van der Waals surface area contributed by atoms with Gasteiger partial charge in [-0.15, -0.1) is 5.10 Å². The van der Waals surface area contributed by atoms with Crippen molar-refractivity contribution in [2.75, 3.05) is 0 Å². The summed E-state index contributed by atoms with van der Waals surface area (Å²) in [7, 11) is 0. The van der Waals surface area contributed by atoms with Crippen LogP contribution < -0.4 is 11.3 Å². The molecule has 1 aromatic rings. The molecule has 1 heterocycles. The van der Waals surface area contributed by atoms with Crippen molar-refractivity contribution in [1.82, 2.24) is 15.0 Å². The summed E-state index contributed by atoms with van der Waals surface area (Å²) in [5.41, 5.74) is 3.96. The molecule has 0 aliphatic carbocycles. The molecular weight excluding hydrogens is 220 g/mol. The molecule has 92 valence electrons. The Kier molecular flexibility index (Phi) is 5.87. The Morgan fingerprint density at radius 2 is 2.12 bits per heavy atom. The number of aryl methyl sites for hydroxylation is 1. The second-order valence-electron chi connectivity index (χ2n) is 4.48. The SMILES string of the molecule is CCc1nnsc1C(CCCC(C)C)NN. The third-order valence-corrected chi connectivity index (χ3v) is 3.59. The van der Waals surface area contributed by atoms with Gasteiger partial charge in [0.05, 0.1) is 16.6 Å². The smallest absolute Gasteiger partial charge is 0.0801 e.